The maximum absolute atomic E-state index is 11.9. The molecule has 19 heavy (non-hydrogen) atoms. The molecule has 1 heterocycles. The summed E-state index contributed by atoms with van der Waals surface area (Å²) in [5, 5.41) is 2.58. The van der Waals surface area contributed by atoms with E-state index in [4.69, 9.17) is 0 Å². The monoisotopic (exact) mass is 256 g/mol. The molecule has 0 aliphatic heterocycles. The van der Waals surface area contributed by atoms with E-state index in [1.165, 1.54) is 25.4 Å². The average molecular weight is 256 g/mol. The molecule has 0 spiro atoms. The van der Waals surface area contributed by atoms with Crippen molar-refractivity contribution in [3.63, 3.8) is 0 Å². The fraction of sp³-hybridized carbons (Fsp3) is 0.0714. The lowest BCUT2D eigenvalue weighted by molar-refractivity contribution is 0.101. The summed E-state index contributed by atoms with van der Waals surface area (Å²) in [6.45, 7) is 1.45. The summed E-state index contributed by atoms with van der Waals surface area (Å²) < 4.78 is 0. The number of aromatic nitrogens is 1. The minimum absolute atomic E-state index is 0.0238. The van der Waals surface area contributed by atoms with Crippen LogP contribution in [-0.4, -0.2) is 16.7 Å². The van der Waals surface area contributed by atoms with Crippen LogP contribution in [0.2, 0.25) is 0 Å². The van der Waals surface area contributed by atoms with E-state index < -0.39 is 5.91 Å². The summed E-state index contributed by atoms with van der Waals surface area (Å²) >= 11 is 0. The van der Waals surface area contributed by atoms with E-state index in [1.54, 1.807) is 24.3 Å². The second kappa shape index (κ2) is 5.30. The number of carbonyl (C=O) groups excluding carboxylic acids is 2. The molecule has 2 rings (SSSR count). The predicted molar refractivity (Wildman–Crippen MR) is 71.5 cm³/mol. The molecule has 1 aromatic heterocycles. The van der Waals surface area contributed by atoms with E-state index >= 15 is 0 Å². The fourth-order valence-corrected chi connectivity index (χ4v) is 1.61. The summed E-state index contributed by atoms with van der Waals surface area (Å²) in [5.74, 6) is -0.601. The second-order valence-corrected chi connectivity index (χ2v) is 4.01. The summed E-state index contributed by atoms with van der Waals surface area (Å²) in [6.07, 6.45) is 2.79. The average Bonchev–Trinajstić information content (AvgIpc) is 2.39. The Morgan fingerprint density at radius 2 is 2.00 bits per heavy atom. The van der Waals surface area contributed by atoms with Crippen LogP contribution in [0.15, 0.2) is 47.5 Å². The first-order valence-electron chi connectivity index (χ1n) is 5.67. The maximum atomic E-state index is 11.9. The highest BCUT2D eigenvalue weighted by atomic mass is 16.2. The van der Waals surface area contributed by atoms with Gasteiger partial charge in [-0.25, -0.2) is 0 Å². The Morgan fingerprint density at radius 3 is 2.68 bits per heavy atom. The number of amides is 1. The summed E-state index contributed by atoms with van der Waals surface area (Å²) in [6, 6.07) is 7.83. The van der Waals surface area contributed by atoms with E-state index in [-0.39, 0.29) is 16.8 Å². The van der Waals surface area contributed by atoms with Gasteiger partial charge in [-0.05, 0) is 19.1 Å². The number of pyridine rings is 1. The van der Waals surface area contributed by atoms with Crippen molar-refractivity contribution in [2.24, 2.45) is 0 Å². The number of aromatic amines is 1. The second-order valence-electron chi connectivity index (χ2n) is 4.01. The molecule has 0 saturated heterocycles. The SMILES string of the molecule is CC(=O)c1cccc(NC(=O)c2c[nH]ccc2=O)c1. The van der Waals surface area contributed by atoms with Crippen molar-refractivity contribution < 1.29 is 9.59 Å². The topological polar surface area (TPSA) is 79.0 Å². The van der Waals surface area contributed by atoms with E-state index in [0.717, 1.165) is 0 Å². The first kappa shape index (κ1) is 12.8. The minimum Gasteiger partial charge on any atom is -0.367 e. The highest BCUT2D eigenvalue weighted by Crippen LogP contribution is 2.11. The molecule has 96 valence electrons. The number of H-pyrrole nitrogens is 1. The van der Waals surface area contributed by atoms with Gasteiger partial charge in [0.1, 0.15) is 5.56 Å². The Balaban J connectivity index is 2.25. The van der Waals surface area contributed by atoms with Gasteiger partial charge in [0.05, 0.1) is 0 Å². The number of carbonyl (C=O) groups is 2. The van der Waals surface area contributed by atoms with Gasteiger partial charge >= 0.3 is 0 Å². The molecule has 0 saturated carbocycles. The molecule has 0 aliphatic carbocycles. The van der Waals surface area contributed by atoms with Crippen LogP contribution in [0.1, 0.15) is 27.6 Å². The Bertz CT molecular complexity index is 689. The van der Waals surface area contributed by atoms with Crippen molar-refractivity contribution in [2.45, 2.75) is 6.92 Å². The van der Waals surface area contributed by atoms with Crippen LogP contribution in [0.4, 0.5) is 5.69 Å². The number of Topliss-reactive ketones (excluding diaryl/α,β-unsaturated/α-hetero) is 1. The predicted octanol–water partition coefficient (Wildman–Crippen LogP) is 1.83. The van der Waals surface area contributed by atoms with Gasteiger partial charge in [-0.3, -0.25) is 14.4 Å². The Hall–Kier alpha value is -2.69. The number of anilines is 1. The molecule has 0 bridgehead atoms. The largest absolute Gasteiger partial charge is 0.367 e. The van der Waals surface area contributed by atoms with Crippen LogP contribution in [-0.2, 0) is 0 Å². The molecule has 0 radical (unpaired) electrons. The van der Waals surface area contributed by atoms with Crippen molar-refractivity contribution >= 4 is 17.4 Å². The molecule has 5 nitrogen and oxygen atoms in total. The van der Waals surface area contributed by atoms with E-state index in [9.17, 15) is 14.4 Å². The molecule has 1 aromatic carbocycles. The number of hydrogen-bond acceptors (Lipinski definition) is 3. The standard InChI is InChI=1S/C14H12N2O3/c1-9(17)10-3-2-4-11(7-10)16-14(19)12-8-15-6-5-13(12)18/h2-8H,1H3,(H,15,18)(H,16,19). The van der Waals surface area contributed by atoms with Crippen molar-refractivity contribution in [1.29, 1.82) is 0 Å². The van der Waals surface area contributed by atoms with Gasteiger partial charge < -0.3 is 10.3 Å². The van der Waals surface area contributed by atoms with Gasteiger partial charge in [0.25, 0.3) is 5.91 Å². The zero-order valence-electron chi connectivity index (χ0n) is 10.3. The van der Waals surface area contributed by atoms with Crippen molar-refractivity contribution in [1.82, 2.24) is 4.98 Å². The smallest absolute Gasteiger partial charge is 0.261 e. The molecular weight excluding hydrogens is 244 g/mol. The van der Waals surface area contributed by atoms with E-state index in [2.05, 4.69) is 10.3 Å². The Kier molecular flexibility index (Phi) is 3.56. The van der Waals surface area contributed by atoms with Crippen molar-refractivity contribution in [2.75, 3.05) is 5.32 Å². The fourth-order valence-electron chi connectivity index (χ4n) is 1.61. The number of nitrogens with one attached hydrogen (secondary N) is 2. The number of benzene rings is 1. The summed E-state index contributed by atoms with van der Waals surface area (Å²) in [7, 11) is 0. The molecule has 0 atom stereocenters. The summed E-state index contributed by atoms with van der Waals surface area (Å²) in [4.78, 5) is 37.3. The zero-order chi connectivity index (χ0) is 13.8. The van der Waals surface area contributed by atoms with Crippen LogP contribution >= 0.6 is 0 Å². The maximum Gasteiger partial charge on any atom is 0.261 e. The van der Waals surface area contributed by atoms with Crippen molar-refractivity contribution in [3.8, 4) is 0 Å². The molecule has 0 aliphatic rings. The van der Waals surface area contributed by atoms with Crippen LogP contribution in [0.3, 0.4) is 0 Å². The first-order valence-corrected chi connectivity index (χ1v) is 5.67. The highest BCUT2D eigenvalue weighted by molar-refractivity contribution is 6.04. The third-order valence-corrected chi connectivity index (χ3v) is 2.60. The quantitative estimate of drug-likeness (QED) is 0.822. The van der Waals surface area contributed by atoms with Gasteiger partial charge in [-0.1, -0.05) is 12.1 Å². The van der Waals surface area contributed by atoms with Gasteiger partial charge in [0.15, 0.2) is 11.2 Å². The van der Waals surface area contributed by atoms with Crippen LogP contribution in [0, 0.1) is 0 Å². The Labute approximate surface area is 109 Å². The lowest BCUT2D eigenvalue weighted by Gasteiger charge is -2.05. The van der Waals surface area contributed by atoms with Crippen LogP contribution in [0.5, 0.6) is 0 Å². The lowest BCUT2D eigenvalue weighted by Crippen LogP contribution is -2.20. The molecule has 0 unspecified atom stereocenters. The molecule has 5 heteroatoms. The van der Waals surface area contributed by atoms with E-state index in [1.807, 2.05) is 0 Å². The Morgan fingerprint density at radius 1 is 1.21 bits per heavy atom. The summed E-state index contributed by atoms with van der Waals surface area (Å²) in [5.41, 5.74) is 0.635. The first-order chi connectivity index (χ1) is 9.08. The van der Waals surface area contributed by atoms with Gasteiger partial charge in [-0.15, -0.1) is 0 Å². The van der Waals surface area contributed by atoms with Crippen LogP contribution in [0.25, 0.3) is 0 Å². The molecule has 2 N–H and O–H groups in total. The molecule has 0 fully saturated rings. The number of hydrogen-bond donors (Lipinski definition) is 2. The number of ketones is 1. The highest BCUT2D eigenvalue weighted by Gasteiger charge is 2.10. The molecule has 1 amide bonds. The van der Waals surface area contributed by atoms with Gasteiger partial charge in [0.2, 0.25) is 0 Å². The minimum atomic E-state index is -0.512. The van der Waals surface area contributed by atoms with E-state index in [0.29, 0.717) is 11.3 Å². The van der Waals surface area contributed by atoms with Crippen molar-refractivity contribution in [3.05, 3.63) is 64.1 Å². The third-order valence-electron chi connectivity index (χ3n) is 2.60. The van der Waals surface area contributed by atoms with Gasteiger partial charge in [0, 0.05) is 29.7 Å². The third kappa shape index (κ3) is 2.95. The zero-order valence-corrected chi connectivity index (χ0v) is 10.3. The van der Waals surface area contributed by atoms with Crippen LogP contribution < -0.4 is 10.7 Å². The molecule has 2 aromatic rings. The normalized spacial score (nSPS) is 9.95. The van der Waals surface area contributed by atoms with Gasteiger partial charge in [-0.2, -0.15) is 0 Å². The molecular formula is C14H12N2O3. The lowest BCUT2D eigenvalue weighted by atomic mass is 10.1. The number of rotatable bonds is 3.